The Bertz CT molecular complexity index is 321. The predicted octanol–water partition coefficient (Wildman–Crippen LogP) is -3.03. The molecule has 0 aliphatic rings. The molecule has 0 aromatic carbocycles. The van der Waals surface area contributed by atoms with E-state index in [1.165, 1.54) is 0 Å². The third kappa shape index (κ3) is 13.5. The number of nitrogens with two attached hydrogens (primary N) is 2. The molecule has 0 aromatic rings. The van der Waals surface area contributed by atoms with Crippen LogP contribution in [0.3, 0.4) is 0 Å². The summed E-state index contributed by atoms with van der Waals surface area (Å²) < 4.78 is 10.4. The second-order valence-corrected chi connectivity index (χ2v) is 4.32. The zero-order valence-corrected chi connectivity index (χ0v) is 10.8. The number of hydrogen-bond acceptors (Lipinski definition) is 4. The topological polar surface area (TPSA) is 203 Å². The quantitative estimate of drug-likeness (QED) is 0.0967. The van der Waals surface area contributed by atoms with Gasteiger partial charge in [0, 0.05) is 25.4 Å². The van der Waals surface area contributed by atoms with E-state index in [2.05, 4.69) is 4.99 Å². The number of aliphatic carboxylic acids is 1. The van der Waals surface area contributed by atoms with E-state index in [0.29, 0.717) is 6.42 Å². The standard InChI is InChI=1S/C6H15N4O5P.Li.H2O/c7-4(5(11)12)2-1-3-9-6(8)10-16(13,14)15;;/h4H,1-3,7H2,(H,11,12)(H5,8,9,10,13,14,15);;1H2/t4-;;/m0../s1. The van der Waals surface area contributed by atoms with Gasteiger partial charge in [0.1, 0.15) is 6.04 Å². The molecule has 0 bridgehead atoms. The van der Waals surface area contributed by atoms with Gasteiger partial charge in [0.25, 0.3) is 0 Å². The predicted molar refractivity (Wildman–Crippen MR) is 65.9 cm³/mol. The molecule has 12 heteroatoms. The number of nitrogens with one attached hydrogen (secondary N) is 1. The van der Waals surface area contributed by atoms with Gasteiger partial charge >= 0.3 is 13.7 Å². The van der Waals surface area contributed by atoms with Gasteiger partial charge in [-0.05, 0) is 12.8 Å². The number of nitrogens with zero attached hydrogens (tertiary/aromatic N) is 1. The van der Waals surface area contributed by atoms with E-state index in [9.17, 15) is 9.36 Å². The van der Waals surface area contributed by atoms with Crippen LogP contribution in [0, 0.1) is 0 Å². The van der Waals surface area contributed by atoms with E-state index < -0.39 is 25.7 Å². The second kappa shape index (κ2) is 10.3. The SMILES string of the molecule is NC(=NCCC[C@H](N)C(=O)O)NP(=O)(O)O.O.[Li]. The molecule has 0 aromatic heterocycles. The second-order valence-electron chi connectivity index (χ2n) is 3.01. The summed E-state index contributed by atoms with van der Waals surface area (Å²) in [6, 6.07) is -0.967. The largest absolute Gasteiger partial charge is 0.480 e. The van der Waals surface area contributed by atoms with Gasteiger partial charge in [-0.1, -0.05) is 0 Å². The van der Waals surface area contributed by atoms with Crippen LogP contribution in [0.2, 0.25) is 0 Å². The number of rotatable bonds is 6. The molecule has 0 amide bonds. The van der Waals surface area contributed by atoms with Crippen LogP contribution in [-0.4, -0.2) is 63.7 Å². The van der Waals surface area contributed by atoms with Gasteiger partial charge in [-0.25, -0.2) is 4.57 Å². The minimum absolute atomic E-state index is 0. The molecule has 0 spiro atoms. The molecule has 10 nitrogen and oxygen atoms in total. The first kappa shape index (κ1) is 22.6. The first-order chi connectivity index (χ1) is 7.22. The van der Waals surface area contributed by atoms with Crippen molar-refractivity contribution in [2.45, 2.75) is 18.9 Å². The van der Waals surface area contributed by atoms with E-state index in [-0.39, 0.29) is 37.3 Å². The number of aliphatic imine (C=N–C) groups is 1. The Labute approximate surface area is 116 Å². The molecule has 0 aliphatic carbocycles. The number of carboxylic acids is 1. The summed E-state index contributed by atoms with van der Waals surface area (Å²) in [5.41, 5.74) is 10.4. The summed E-state index contributed by atoms with van der Waals surface area (Å²) >= 11 is 0. The molecule has 1 atom stereocenters. The summed E-state index contributed by atoms with van der Waals surface area (Å²) in [6.45, 7) is 0.139. The maximum absolute atomic E-state index is 10.4. The molecular weight excluding hydrogens is 262 g/mol. The van der Waals surface area contributed by atoms with Crippen LogP contribution in [0.15, 0.2) is 4.99 Å². The summed E-state index contributed by atoms with van der Waals surface area (Å²) in [7, 11) is -4.43. The number of carbonyl (C=O) groups is 1. The maximum Gasteiger partial charge on any atom is 0.429 e. The molecule has 0 fully saturated rings. The molecule has 18 heavy (non-hydrogen) atoms. The summed E-state index contributed by atoms with van der Waals surface area (Å²) in [5.74, 6) is -1.50. The van der Waals surface area contributed by atoms with Gasteiger partial charge in [-0.15, -0.1) is 0 Å². The Kier molecular flexibility index (Phi) is 13.0. The van der Waals surface area contributed by atoms with E-state index in [4.69, 9.17) is 26.4 Å². The van der Waals surface area contributed by atoms with Crippen LogP contribution >= 0.6 is 7.75 Å². The zero-order chi connectivity index (χ0) is 12.8. The van der Waals surface area contributed by atoms with Crippen LogP contribution in [0.25, 0.3) is 0 Å². The zero-order valence-electron chi connectivity index (χ0n) is 9.91. The van der Waals surface area contributed by atoms with Gasteiger partial charge in [0.15, 0.2) is 5.96 Å². The van der Waals surface area contributed by atoms with Crippen LogP contribution in [0.4, 0.5) is 0 Å². The van der Waals surface area contributed by atoms with Crippen molar-refractivity contribution in [2.24, 2.45) is 16.5 Å². The third-order valence-corrected chi connectivity index (χ3v) is 2.05. The maximum atomic E-state index is 10.4. The van der Waals surface area contributed by atoms with Crippen molar-refractivity contribution in [1.82, 2.24) is 5.09 Å². The fraction of sp³-hybridized carbons (Fsp3) is 0.667. The molecule has 10 N–H and O–H groups in total. The van der Waals surface area contributed by atoms with Gasteiger partial charge in [-0.2, -0.15) is 0 Å². The van der Waals surface area contributed by atoms with E-state index in [1.807, 2.05) is 0 Å². The van der Waals surface area contributed by atoms with Crippen molar-refractivity contribution in [1.29, 1.82) is 0 Å². The minimum Gasteiger partial charge on any atom is -0.480 e. The van der Waals surface area contributed by atoms with Crippen molar-refractivity contribution in [3.8, 4) is 0 Å². The summed E-state index contributed by atoms with van der Waals surface area (Å²) in [4.78, 5) is 30.8. The number of carboxylic acid groups (broad SMARTS) is 1. The van der Waals surface area contributed by atoms with Crippen LogP contribution in [0.1, 0.15) is 12.8 Å². The van der Waals surface area contributed by atoms with Gasteiger partial charge in [0.05, 0.1) is 0 Å². The smallest absolute Gasteiger partial charge is 0.429 e. The van der Waals surface area contributed by atoms with Crippen molar-refractivity contribution >= 4 is 38.5 Å². The Morgan fingerprint density at radius 3 is 2.33 bits per heavy atom. The average molecular weight is 279 g/mol. The normalized spacial score (nSPS) is 12.9. The molecule has 103 valence electrons. The number of guanidine groups is 1. The van der Waals surface area contributed by atoms with E-state index in [0.717, 1.165) is 0 Å². The van der Waals surface area contributed by atoms with Crippen LogP contribution in [-0.2, 0) is 9.36 Å². The third-order valence-electron chi connectivity index (χ3n) is 1.53. The Morgan fingerprint density at radius 2 is 1.94 bits per heavy atom. The van der Waals surface area contributed by atoms with Gasteiger partial charge in [0.2, 0.25) is 0 Å². The number of hydrogen-bond donors (Lipinski definition) is 6. The molecule has 0 rings (SSSR count). The average Bonchev–Trinajstić information content (AvgIpc) is 2.08. The fourth-order valence-corrected chi connectivity index (χ4v) is 1.19. The van der Waals surface area contributed by atoms with Gasteiger partial charge in [-0.3, -0.25) is 14.9 Å². The Balaban J connectivity index is -0.00000112. The Morgan fingerprint density at radius 1 is 1.44 bits per heavy atom. The van der Waals surface area contributed by atoms with Crippen molar-refractivity contribution in [3.63, 3.8) is 0 Å². The molecule has 1 radical (unpaired) electrons. The van der Waals surface area contributed by atoms with Crippen LogP contribution < -0.4 is 16.6 Å². The summed E-state index contributed by atoms with van der Waals surface area (Å²) in [5, 5.41) is 10.1. The van der Waals surface area contributed by atoms with Crippen molar-refractivity contribution < 1.29 is 29.7 Å². The fourth-order valence-electron chi connectivity index (χ4n) is 0.819. The Hall–Kier alpha value is -0.593. The van der Waals surface area contributed by atoms with Crippen molar-refractivity contribution in [2.75, 3.05) is 6.54 Å². The summed E-state index contributed by atoms with van der Waals surface area (Å²) in [6.07, 6.45) is 0.568. The molecule has 0 heterocycles. The molecular formula is C6H17LiN4O6P. The monoisotopic (exact) mass is 279 g/mol. The van der Waals surface area contributed by atoms with Crippen LogP contribution in [0.5, 0.6) is 0 Å². The van der Waals surface area contributed by atoms with Crippen molar-refractivity contribution in [3.05, 3.63) is 0 Å². The minimum atomic E-state index is -4.43. The molecule has 0 saturated carbocycles. The molecule has 0 saturated heterocycles. The van der Waals surface area contributed by atoms with E-state index in [1.54, 1.807) is 5.09 Å². The van der Waals surface area contributed by atoms with Gasteiger partial charge < -0.3 is 31.8 Å². The molecule has 0 aliphatic heterocycles. The van der Waals surface area contributed by atoms with E-state index >= 15 is 0 Å². The molecule has 0 unspecified atom stereocenters. The first-order valence-electron chi connectivity index (χ1n) is 4.34. The first-order valence-corrected chi connectivity index (χ1v) is 5.96.